The van der Waals surface area contributed by atoms with Gasteiger partial charge in [0, 0.05) is 11.1 Å². The molecule has 2 aromatic carbocycles. The lowest BCUT2D eigenvalue weighted by Crippen LogP contribution is -1.89. The van der Waals surface area contributed by atoms with E-state index in [-0.39, 0.29) is 5.25 Å². The number of H-pyrrole nitrogens is 1. The molecule has 0 fully saturated rings. The summed E-state index contributed by atoms with van der Waals surface area (Å²) in [4.78, 5) is 12.6. The molecule has 0 saturated heterocycles. The number of hydrogen-bond acceptors (Lipinski definition) is 5. The maximum absolute atomic E-state index is 5.28. The molecule has 0 aliphatic heterocycles. The topological polar surface area (TPSA) is 67.6 Å². The molecule has 4 aromatic rings. The summed E-state index contributed by atoms with van der Waals surface area (Å²) in [5, 5.41) is 4.70. The Hall–Kier alpha value is -2.86. The molecule has 4 rings (SSSR count). The van der Waals surface area contributed by atoms with Crippen LogP contribution < -0.4 is 0 Å². The Balaban J connectivity index is 1.71. The summed E-state index contributed by atoms with van der Waals surface area (Å²) >= 11 is 1.57. The van der Waals surface area contributed by atoms with Gasteiger partial charge < -0.3 is 9.51 Å². The van der Waals surface area contributed by atoms with Crippen LogP contribution in [0.3, 0.4) is 0 Å². The van der Waals surface area contributed by atoms with Gasteiger partial charge in [-0.05, 0) is 13.8 Å². The van der Waals surface area contributed by atoms with Crippen molar-refractivity contribution >= 4 is 11.8 Å². The molecule has 0 unspecified atom stereocenters. The first kappa shape index (κ1) is 16.6. The van der Waals surface area contributed by atoms with Crippen LogP contribution in [0.2, 0.25) is 0 Å². The van der Waals surface area contributed by atoms with Gasteiger partial charge in [0.2, 0.25) is 5.89 Å². The van der Waals surface area contributed by atoms with Crippen LogP contribution in [0.15, 0.2) is 70.3 Å². The molecule has 5 nitrogen and oxygen atoms in total. The number of imidazole rings is 1. The van der Waals surface area contributed by atoms with Crippen molar-refractivity contribution in [3.63, 3.8) is 0 Å². The van der Waals surface area contributed by atoms with Gasteiger partial charge in [-0.2, -0.15) is 4.98 Å². The molecule has 0 saturated carbocycles. The van der Waals surface area contributed by atoms with Crippen LogP contribution >= 0.6 is 11.8 Å². The average Bonchev–Trinajstić information content (AvgIpc) is 3.30. The fraction of sp³-hybridized carbons (Fsp3) is 0.150. The predicted molar refractivity (Wildman–Crippen MR) is 103 cm³/mol. The fourth-order valence-corrected chi connectivity index (χ4v) is 3.56. The number of aryl methyl sites for hydroxylation is 1. The summed E-state index contributed by atoms with van der Waals surface area (Å²) in [6, 6.07) is 20.4. The first-order valence-corrected chi connectivity index (χ1v) is 9.26. The number of benzene rings is 2. The third-order valence-electron chi connectivity index (χ3n) is 3.97. The molecule has 0 radical (unpaired) electrons. The zero-order chi connectivity index (χ0) is 17.9. The van der Waals surface area contributed by atoms with E-state index in [0.717, 1.165) is 27.7 Å². The van der Waals surface area contributed by atoms with E-state index in [1.165, 1.54) is 0 Å². The molecular formula is C20H18N4OS. The van der Waals surface area contributed by atoms with Crippen LogP contribution in [0.25, 0.3) is 22.5 Å². The molecule has 1 N–H and O–H groups in total. The van der Waals surface area contributed by atoms with E-state index in [0.29, 0.717) is 11.7 Å². The van der Waals surface area contributed by atoms with E-state index >= 15 is 0 Å². The van der Waals surface area contributed by atoms with Gasteiger partial charge >= 0.3 is 0 Å². The van der Waals surface area contributed by atoms with Gasteiger partial charge in [-0.1, -0.05) is 77.6 Å². The molecule has 26 heavy (non-hydrogen) atoms. The van der Waals surface area contributed by atoms with E-state index in [1.807, 2.05) is 50.2 Å². The molecule has 0 aliphatic rings. The zero-order valence-corrected chi connectivity index (χ0v) is 15.3. The highest BCUT2D eigenvalue weighted by Crippen LogP contribution is 2.37. The molecule has 130 valence electrons. The van der Waals surface area contributed by atoms with Gasteiger partial charge in [-0.25, -0.2) is 4.98 Å². The summed E-state index contributed by atoms with van der Waals surface area (Å²) in [6.45, 7) is 3.85. The largest absolute Gasteiger partial charge is 0.338 e. The van der Waals surface area contributed by atoms with Crippen molar-refractivity contribution in [1.82, 2.24) is 20.1 Å². The number of nitrogens with one attached hydrogen (secondary N) is 1. The Bertz CT molecular complexity index is 938. The third kappa shape index (κ3) is 3.41. The Kier molecular flexibility index (Phi) is 4.58. The SMILES string of the molecule is Cc1noc([C@@H](C)Sc2nc(-c3ccccc3)c(-c3ccccc3)[nH]2)n1. The summed E-state index contributed by atoms with van der Waals surface area (Å²) < 4.78 is 5.28. The van der Waals surface area contributed by atoms with Crippen LogP contribution in [0.4, 0.5) is 0 Å². The van der Waals surface area contributed by atoms with Crippen molar-refractivity contribution in [2.75, 3.05) is 0 Å². The van der Waals surface area contributed by atoms with E-state index in [1.54, 1.807) is 11.8 Å². The second kappa shape index (κ2) is 7.17. The standard InChI is InChI=1S/C20H18N4OS/c1-13(19-21-14(2)24-25-19)26-20-22-17(15-9-5-3-6-10-15)18(23-20)16-11-7-4-8-12-16/h3-13H,1-2H3,(H,22,23)/t13-/m1/s1. The second-order valence-electron chi connectivity index (χ2n) is 5.94. The number of thioether (sulfide) groups is 1. The predicted octanol–water partition coefficient (Wildman–Crippen LogP) is 5.29. The van der Waals surface area contributed by atoms with Crippen LogP contribution in [0, 0.1) is 6.92 Å². The molecule has 0 aliphatic carbocycles. The van der Waals surface area contributed by atoms with Crippen LogP contribution in [0.1, 0.15) is 23.9 Å². The van der Waals surface area contributed by atoms with E-state index in [9.17, 15) is 0 Å². The highest BCUT2D eigenvalue weighted by molar-refractivity contribution is 7.99. The first-order valence-electron chi connectivity index (χ1n) is 8.38. The van der Waals surface area contributed by atoms with Crippen molar-refractivity contribution in [3.8, 4) is 22.5 Å². The van der Waals surface area contributed by atoms with Gasteiger partial charge in [-0.3, -0.25) is 0 Å². The lowest BCUT2D eigenvalue weighted by atomic mass is 10.1. The van der Waals surface area contributed by atoms with Gasteiger partial charge in [-0.15, -0.1) is 0 Å². The van der Waals surface area contributed by atoms with Crippen LogP contribution in [0.5, 0.6) is 0 Å². The van der Waals surface area contributed by atoms with E-state index in [2.05, 4.69) is 39.4 Å². The highest BCUT2D eigenvalue weighted by atomic mass is 32.2. The lowest BCUT2D eigenvalue weighted by molar-refractivity contribution is 0.376. The smallest absolute Gasteiger partial charge is 0.239 e. The third-order valence-corrected chi connectivity index (χ3v) is 4.94. The number of nitrogens with zero attached hydrogens (tertiary/aromatic N) is 3. The number of aromatic nitrogens is 4. The molecule has 2 aromatic heterocycles. The van der Waals surface area contributed by atoms with Crippen molar-refractivity contribution in [3.05, 3.63) is 72.4 Å². The molecule has 0 spiro atoms. The van der Waals surface area contributed by atoms with E-state index < -0.39 is 0 Å². The quantitative estimate of drug-likeness (QED) is 0.489. The zero-order valence-electron chi connectivity index (χ0n) is 14.5. The molecule has 2 heterocycles. The summed E-state index contributed by atoms with van der Waals surface area (Å²) in [5.74, 6) is 1.24. The Labute approximate surface area is 155 Å². The normalized spacial score (nSPS) is 12.2. The van der Waals surface area contributed by atoms with Gasteiger partial charge in [0.15, 0.2) is 11.0 Å². The Morgan fingerprint density at radius 3 is 2.19 bits per heavy atom. The minimum absolute atomic E-state index is 0.00889. The second-order valence-corrected chi connectivity index (χ2v) is 7.27. The monoisotopic (exact) mass is 362 g/mol. The van der Waals surface area contributed by atoms with Crippen LogP contribution in [-0.2, 0) is 0 Å². The lowest BCUT2D eigenvalue weighted by Gasteiger charge is -2.03. The van der Waals surface area contributed by atoms with Crippen molar-refractivity contribution in [2.45, 2.75) is 24.3 Å². The molecule has 1 atom stereocenters. The Morgan fingerprint density at radius 1 is 0.923 bits per heavy atom. The maximum atomic E-state index is 5.28. The van der Waals surface area contributed by atoms with Crippen molar-refractivity contribution in [2.24, 2.45) is 0 Å². The van der Waals surface area contributed by atoms with Crippen molar-refractivity contribution < 1.29 is 4.52 Å². The van der Waals surface area contributed by atoms with Gasteiger partial charge in [0.1, 0.15) is 0 Å². The molecular weight excluding hydrogens is 344 g/mol. The minimum atomic E-state index is 0.00889. The minimum Gasteiger partial charge on any atom is -0.338 e. The van der Waals surface area contributed by atoms with Gasteiger partial charge in [0.25, 0.3) is 0 Å². The average molecular weight is 362 g/mol. The number of hydrogen-bond donors (Lipinski definition) is 1. The number of rotatable bonds is 5. The molecule has 0 bridgehead atoms. The Morgan fingerprint density at radius 2 is 1.58 bits per heavy atom. The molecule has 6 heteroatoms. The van der Waals surface area contributed by atoms with Crippen LogP contribution in [-0.4, -0.2) is 20.1 Å². The fourth-order valence-electron chi connectivity index (χ4n) is 2.72. The number of aromatic amines is 1. The summed E-state index contributed by atoms with van der Waals surface area (Å²) in [6.07, 6.45) is 0. The molecule has 0 amide bonds. The first-order chi connectivity index (χ1) is 12.7. The van der Waals surface area contributed by atoms with E-state index in [4.69, 9.17) is 9.51 Å². The summed E-state index contributed by atoms with van der Waals surface area (Å²) in [7, 11) is 0. The highest BCUT2D eigenvalue weighted by Gasteiger charge is 2.19. The van der Waals surface area contributed by atoms with Gasteiger partial charge in [0.05, 0.1) is 16.6 Å². The maximum Gasteiger partial charge on any atom is 0.239 e. The summed E-state index contributed by atoms with van der Waals surface area (Å²) in [5.41, 5.74) is 4.13. The van der Waals surface area contributed by atoms with Crippen molar-refractivity contribution in [1.29, 1.82) is 0 Å².